The van der Waals surface area contributed by atoms with Crippen LogP contribution in [0.3, 0.4) is 0 Å². The maximum atomic E-state index is 11.6. The van der Waals surface area contributed by atoms with Crippen LogP contribution in [0.4, 0.5) is 5.69 Å². The molecule has 8 heteroatoms. The number of carbonyl (C=O) groups is 1. The van der Waals surface area contributed by atoms with Gasteiger partial charge >= 0.3 is 5.97 Å². The van der Waals surface area contributed by atoms with Crippen molar-refractivity contribution in [3.05, 3.63) is 23.2 Å². The fourth-order valence-corrected chi connectivity index (χ4v) is 2.62. The maximum absolute atomic E-state index is 11.6. The van der Waals surface area contributed by atoms with Gasteiger partial charge in [-0.1, -0.05) is 11.6 Å². The van der Waals surface area contributed by atoms with Gasteiger partial charge in [0.2, 0.25) is 10.0 Å². The number of rotatable bonds is 7. The lowest BCUT2D eigenvalue weighted by Crippen LogP contribution is -2.18. The van der Waals surface area contributed by atoms with Crippen molar-refractivity contribution in [1.29, 1.82) is 0 Å². The van der Waals surface area contributed by atoms with Gasteiger partial charge in [0.05, 0.1) is 29.0 Å². The Bertz CT molecular complexity index is 586. The highest BCUT2D eigenvalue weighted by atomic mass is 35.5. The van der Waals surface area contributed by atoms with Crippen LogP contribution in [0.5, 0.6) is 5.75 Å². The lowest BCUT2D eigenvalue weighted by Gasteiger charge is -2.13. The second-order valence-corrected chi connectivity index (χ2v) is 6.63. The summed E-state index contributed by atoms with van der Waals surface area (Å²) >= 11 is 5.98. The second-order valence-electron chi connectivity index (χ2n) is 4.38. The Kier molecular flexibility index (Phi) is 5.64. The molecule has 20 heavy (non-hydrogen) atoms. The van der Waals surface area contributed by atoms with Crippen molar-refractivity contribution < 1.29 is 23.1 Å². The molecule has 0 saturated carbocycles. The molecule has 0 unspecified atom stereocenters. The minimum atomic E-state index is -3.71. The van der Waals surface area contributed by atoms with Gasteiger partial charge in [-0.3, -0.25) is 9.52 Å². The molecule has 0 aromatic heterocycles. The molecular formula is C12H16ClNO5S. The van der Waals surface area contributed by atoms with Gasteiger partial charge in [0, 0.05) is 0 Å². The number of carboxylic acid groups (broad SMARTS) is 1. The van der Waals surface area contributed by atoms with E-state index < -0.39 is 28.2 Å². The Balaban J connectivity index is 2.78. The van der Waals surface area contributed by atoms with E-state index in [1.807, 2.05) is 13.8 Å². The van der Waals surface area contributed by atoms with Crippen LogP contribution in [0.15, 0.2) is 18.2 Å². The lowest BCUT2D eigenvalue weighted by molar-refractivity contribution is -0.136. The summed E-state index contributed by atoms with van der Waals surface area (Å²) in [5, 5.41) is 8.75. The van der Waals surface area contributed by atoms with Crippen LogP contribution in [0, 0.1) is 0 Å². The number of benzene rings is 1. The number of ether oxygens (including phenoxy) is 1. The SMILES string of the molecule is CC(C)Oc1ccc(NS(=O)(=O)CCC(=O)O)cc1Cl. The molecule has 0 bridgehead atoms. The molecule has 0 saturated heterocycles. The summed E-state index contributed by atoms with van der Waals surface area (Å²) in [4.78, 5) is 10.4. The van der Waals surface area contributed by atoms with Gasteiger partial charge in [-0.2, -0.15) is 0 Å². The first-order chi connectivity index (χ1) is 9.19. The molecule has 0 amide bonds. The Hall–Kier alpha value is -1.47. The number of anilines is 1. The van der Waals surface area contributed by atoms with E-state index in [9.17, 15) is 13.2 Å². The molecule has 0 heterocycles. The summed E-state index contributed by atoms with van der Waals surface area (Å²) in [6.45, 7) is 3.69. The molecule has 2 N–H and O–H groups in total. The van der Waals surface area contributed by atoms with Crippen molar-refractivity contribution >= 4 is 33.3 Å². The van der Waals surface area contributed by atoms with E-state index in [0.717, 1.165) is 0 Å². The topological polar surface area (TPSA) is 92.7 Å². The summed E-state index contributed by atoms with van der Waals surface area (Å²) in [6, 6.07) is 4.47. The van der Waals surface area contributed by atoms with Crippen molar-refractivity contribution in [1.82, 2.24) is 0 Å². The zero-order valence-corrected chi connectivity index (χ0v) is 12.7. The van der Waals surface area contributed by atoms with Crippen LogP contribution < -0.4 is 9.46 Å². The minimum absolute atomic E-state index is 0.0504. The molecule has 0 aliphatic rings. The quantitative estimate of drug-likeness (QED) is 0.804. The van der Waals surface area contributed by atoms with Crippen LogP contribution in [0.2, 0.25) is 5.02 Å². The molecule has 0 fully saturated rings. The largest absolute Gasteiger partial charge is 0.489 e. The van der Waals surface area contributed by atoms with Crippen LogP contribution in [-0.2, 0) is 14.8 Å². The first-order valence-electron chi connectivity index (χ1n) is 5.88. The molecule has 1 aromatic carbocycles. The molecule has 112 valence electrons. The van der Waals surface area contributed by atoms with Gasteiger partial charge in [0.1, 0.15) is 5.75 Å². The summed E-state index contributed by atoms with van der Waals surface area (Å²) in [6.07, 6.45) is -0.511. The predicted molar refractivity (Wildman–Crippen MR) is 76.9 cm³/mol. The minimum Gasteiger partial charge on any atom is -0.489 e. The molecule has 1 rings (SSSR count). The van der Waals surface area contributed by atoms with Crippen LogP contribution >= 0.6 is 11.6 Å². The smallest absolute Gasteiger partial charge is 0.304 e. The van der Waals surface area contributed by atoms with E-state index in [0.29, 0.717) is 5.75 Å². The third-order valence-corrected chi connectivity index (χ3v) is 3.74. The third-order valence-electron chi connectivity index (χ3n) is 2.15. The summed E-state index contributed by atoms with van der Waals surface area (Å²) in [5.74, 6) is -1.21. The molecule has 0 radical (unpaired) electrons. The van der Waals surface area contributed by atoms with Gasteiger partial charge in [0.25, 0.3) is 0 Å². The fraction of sp³-hybridized carbons (Fsp3) is 0.417. The van der Waals surface area contributed by atoms with Gasteiger partial charge in [0.15, 0.2) is 0 Å². The van der Waals surface area contributed by atoms with E-state index >= 15 is 0 Å². The monoisotopic (exact) mass is 321 g/mol. The third kappa shape index (κ3) is 5.66. The van der Waals surface area contributed by atoms with Crippen molar-refractivity contribution in [3.63, 3.8) is 0 Å². The van der Waals surface area contributed by atoms with Crippen molar-refractivity contribution in [3.8, 4) is 5.75 Å². The van der Waals surface area contributed by atoms with Crippen LogP contribution in [0.25, 0.3) is 0 Å². The first kappa shape index (κ1) is 16.6. The van der Waals surface area contributed by atoms with Gasteiger partial charge in [-0.25, -0.2) is 8.42 Å². The van der Waals surface area contributed by atoms with Gasteiger partial charge < -0.3 is 9.84 Å². The predicted octanol–water partition coefficient (Wildman–Crippen LogP) is 2.34. The standard InChI is InChI=1S/C12H16ClNO5S/c1-8(2)19-11-4-3-9(7-10(11)13)14-20(17,18)6-5-12(15)16/h3-4,7-8,14H,5-6H2,1-2H3,(H,15,16). The van der Waals surface area contributed by atoms with Gasteiger partial charge in [-0.15, -0.1) is 0 Å². The Labute approximate surface area is 122 Å². The molecule has 0 atom stereocenters. The average molecular weight is 322 g/mol. The number of hydrogen-bond donors (Lipinski definition) is 2. The average Bonchev–Trinajstić information content (AvgIpc) is 2.29. The number of halogens is 1. The van der Waals surface area contributed by atoms with E-state index in [2.05, 4.69) is 4.72 Å². The molecule has 0 spiro atoms. The molecule has 6 nitrogen and oxygen atoms in total. The van der Waals surface area contributed by atoms with E-state index in [-0.39, 0.29) is 16.8 Å². The van der Waals surface area contributed by atoms with Gasteiger partial charge in [-0.05, 0) is 32.0 Å². The van der Waals surface area contributed by atoms with E-state index in [1.165, 1.54) is 12.1 Å². The number of nitrogens with one attached hydrogen (secondary N) is 1. The summed E-state index contributed by atoms with van der Waals surface area (Å²) in [7, 11) is -3.71. The molecular weight excluding hydrogens is 306 g/mol. The van der Waals surface area contributed by atoms with E-state index in [4.69, 9.17) is 21.4 Å². The first-order valence-corrected chi connectivity index (χ1v) is 7.91. The fourth-order valence-electron chi connectivity index (χ4n) is 1.37. The zero-order valence-electron chi connectivity index (χ0n) is 11.1. The van der Waals surface area contributed by atoms with E-state index in [1.54, 1.807) is 6.07 Å². The van der Waals surface area contributed by atoms with Crippen LogP contribution in [-0.4, -0.2) is 31.4 Å². The molecule has 1 aromatic rings. The number of aliphatic carboxylic acids is 1. The summed E-state index contributed by atoms with van der Waals surface area (Å²) in [5.41, 5.74) is 0.261. The normalized spacial score (nSPS) is 11.4. The maximum Gasteiger partial charge on any atom is 0.304 e. The van der Waals surface area contributed by atoms with Crippen molar-refractivity contribution in [2.75, 3.05) is 10.5 Å². The highest BCUT2D eigenvalue weighted by molar-refractivity contribution is 7.92. The lowest BCUT2D eigenvalue weighted by atomic mass is 10.3. The molecule has 0 aliphatic heterocycles. The number of carboxylic acids is 1. The van der Waals surface area contributed by atoms with Crippen molar-refractivity contribution in [2.24, 2.45) is 0 Å². The number of hydrogen-bond acceptors (Lipinski definition) is 4. The Morgan fingerprint density at radius 1 is 1.45 bits per heavy atom. The van der Waals surface area contributed by atoms with Crippen LogP contribution in [0.1, 0.15) is 20.3 Å². The summed E-state index contributed by atoms with van der Waals surface area (Å²) < 4.78 is 30.9. The highest BCUT2D eigenvalue weighted by Gasteiger charge is 2.14. The Morgan fingerprint density at radius 2 is 2.10 bits per heavy atom. The highest BCUT2D eigenvalue weighted by Crippen LogP contribution is 2.28. The molecule has 0 aliphatic carbocycles. The zero-order chi connectivity index (χ0) is 15.3. The Morgan fingerprint density at radius 3 is 2.60 bits per heavy atom. The second kappa shape index (κ2) is 6.81. The van der Waals surface area contributed by atoms with Crippen molar-refractivity contribution in [2.45, 2.75) is 26.4 Å². The number of sulfonamides is 1.